The van der Waals surface area contributed by atoms with E-state index in [-0.39, 0.29) is 5.56 Å². The minimum absolute atomic E-state index is 0.0202. The molecule has 0 saturated heterocycles. The molecule has 0 bridgehead atoms. The summed E-state index contributed by atoms with van der Waals surface area (Å²) >= 11 is 3.14. The van der Waals surface area contributed by atoms with Gasteiger partial charge in [-0.25, -0.2) is 9.18 Å². The van der Waals surface area contributed by atoms with E-state index in [0.717, 1.165) is 10.7 Å². The van der Waals surface area contributed by atoms with Crippen LogP contribution in [-0.2, 0) is 11.5 Å². The Bertz CT molecular complexity index is 958. The van der Waals surface area contributed by atoms with Crippen LogP contribution in [0.3, 0.4) is 0 Å². The molecule has 1 aromatic heterocycles. The van der Waals surface area contributed by atoms with Crippen molar-refractivity contribution in [2.24, 2.45) is 0 Å². The fourth-order valence-electron chi connectivity index (χ4n) is 1.96. The quantitative estimate of drug-likeness (QED) is 0.655. The molecule has 0 fully saturated rings. The van der Waals surface area contributed by atoms with Crippen LogP contribution in [0.25, 0.3) is 10.9 Å². The van der Waals surface area contributed by atoms with E-state index in [4.69, 9.17) is 4.74 Å². The zero-order valence-electron chi connectivity index (χ0n) is 11.6. The largest absolute Gasteiger partial charge is 0.439 e. The van der Waals surface area contributed by atoms with Gasteiger partial charge in [0.1, 0.15) is 11.3 Å². The van der Waals surface area contributed by atoms with E-state index >= 15 is 0 Å². The van der Waals surface area contributed by atoms with Crippen LogP contribution in [0.1, 0.15) is 10.4 Å². The van der Waals surface area contributed by atoms with Gasteiger partial charge in [0.15, 0.2) is 6.73 Å². The van der Waals surface area contributed by atoms with Crippen molar-refractivity contribution in [1.29, 1.82) is 0 Å². The summed E-state index contributed by atoms with van der Waals surface area (Å²) in [5.41, 5.74) is 0.0430. The third kappa shape index (κ3) is 3.11. The maximum Gasteiger partial charge on any atom is 0.341 e. The number of aromatic nitrogens is 3. The number of fused-ring (bicyclic) bond motifs is 1. The molecule has 0 N–H and O–H groups in total. The second-order valence-electron chi connectivity index (χ2n) is 4.60. The summed E-state index contributed by atoms with van der Waals surface area (Å²) < 4.78 is 19.5. The Balaban J connectivity index is 1.83. The van der Waals surface area contributed by atoms with E-state index in [1.807, 2.05) is 0 Å². The third-order valence-electron chi connectivity index (χ3n) is 3.10. The lowest BCUT2D eigenvalue weighted by Gasteiger charge is -2.07. The summed E-state index contributed by atoms with van der Waals surface area (Å²) in [5.74, 6) is -1.35. The lowest BCUT2D eigenvalue weighted by Crippen LogP contribution is -2.26. The average Bonchev–Trinajstić information content (AvgIpc) is 2.56. The van der Waals surface area contributed by atoms with Gasteiger partial charge in [-0.2, -0.15) is 4.68 Å². The standard InChI is InChI=1S/C15H9BrFN3O3/c16-12-6-5-9(17)7-11(12)15(22)23-8-20-14(21)10-3-1-2-4-13(10)18-19-20/h1-7H,8H2. The van der Waals surface area contributed by atoms with Crippen molar-refractivity contribution in [2.75, 3.05) is 0 Å². The molecule has 116 valence electrons. The Hall–Kier alpha value is -2.61. The molecule has 0 radical (unpaired) electrons. The summed E-state index contributed by atoms with van der Waals surface area (Å²) in [6.07, 6.45) is 0. The third-order valence-corrected chi connectivity index (χ3v) is 3.79. The van der Waals surface area contributed by atoms with Gasteiger partial charge < -0.3 is 4.74 Å². The van der Waals surface area contributed by atoms with Crippen molar-refractivity contribution < 1.29 is 13.9 Å². The van der Waals surface area contributed by atoms with E-state index in [1.165, 1.54) is 12.1 Å². The summed E-state index contributed by atoms with van der Waals surface area (Å²) in [7, 11) is 0. The first-order valence-corrected chi connectivity index (χ1v) is 7.30. The maximum atomic E-state index is 13.2. The highest BCUT2D eigenvalue weighted by molar-refractivity contribution is 9.10. The lowest BCUT2D eigenvalue weighted by atomic mass is 10.2. The minimum Gasteiger partial charge on any atom is -0.439 e. The van der Waals surface area contributed by atoms with Gasteiger partial charge in [-0.15, -0.1) is 5.10 Å². The second kappa shape index (κ2) is 6.25. The first kappa shape index (κ1) is 15.3. The van der Waals surface area contributed by atoms with Crippen LogP contribution in [0.15, 0.2) is 51.7 Å². The molecule has 23 heavy (non-hydrogen) atoms. The predicted molar refractivity (Wildman–Crippen MR) is 83.3 cm³/mol. The molecule has 8 heteroatoms. The van der Waals surface area contributed by atoms with Gasteiger partial charge in [-0.3, -0.25) is 4.79 Å². The number of esters is 1. The Kier molecular flexibility index (Phi) is 4.16. The monoisotopic (exact) mass is 377 g/mol. The van der Waals surface area contributed by atoms with Gasteiger partial charge in [-0.1, -0.05) is 17.3 Å². The Morgan fingerprint density at radius 3 is 2.87 bits per heavy atom. The molecular weight excluding hydrogens is 369 g/mol. The van der Waals surface area contributed by atoms with Crippen molar-refractivity contribution in [3.8, 4) is 0 Å². The SMILES string of the molecule is O=C(OCn1nnc2ccccc2c1=O)c1cc(F)ccc1Br. The summed E-state index contributed by atoms with van der Waals surface area (Å²) in [6.45, 7) is -0.418. The van der Waals surface area contributed by atoms with Gasteiger partial charge in [0.2, 0.25) is 0 Å². The van der Waals surface area contributed by atoms with E-state index < -0.39 is 24.1 Å². The number of ether oxygens (including phenoxy) is 1. The zero-order chi connectivity index (χ0) is 16.4. The van der Waals surface area contributed by atoms with E-state index in [0.29, 0.717) is 15.4 Å². The van der Waals surface area contributed by atoms with Crippen molar-refractivity contribution in [1.82, 2.24) is 15.0 Å². The molecule has 6 nitrogen and oxygen atoms in total. The molecule has 0 spiro atoms. The zero-order valence-corrected chi connectivity index (χ0v) is 13.2. The molecular formula is C15H9BrFN3O3. The topological polar surface area (TPSA) is 74.1 Å². The average molecular weight is 378 g/mol. The summed E-state index contributed by atoms with van der Waals surface area (Å²) in [4.78, 5) is 24.2. The molecule has 0 aliphatic rings. The van der Waals surface area contributed by atoms with Crippen molar-refractivity contribution in [3.63, 3.8) is 0 Å². The molecule has 0 saturated carbocycles. The molecule has 2 aromatic carbocycles. The molecule has 3 rings (SSSR count). The van der Waals surface area contributed by atoms with Gasteiger partial charge in [-0.05, 0) is 46.3 Å². The number of nitrogens with zero attached hydrogens (tertiary/aromatic N) is 3. The molecule has 3 aromatic rings. The van der Waals surface area contributed by atoms with Crippen LogP contribution in [-0.4, -0.2) is 21.0 Å². The number of benzene rings is 2. The van der Waals surface area contributed by atoms with Crippen LogP contribution >= 0.6 is 15.9 Å². The van der Waals surface area contributed by atoms with Gasteiger partial charge in [0.25, 0.3) is 5.56 Å². The number of hydrogen-bond acceptors (Lipinski definition) is 5. The van der Waals surface area contributed by atoms with E-state index in [2.05, 4.69) is 26.2 Å². The van der Waals surface area contributed by atoms with Gasteiger partial charge >= 0.3 is 5.97 Å². The van der Waals surface area contributed by atoms with Crippen molar-refractivity contribution >= 4 is 32.8 Å². The normalized spacial score (nSPS) is 10.7. The molecule has 0 amide bonds. The summed E-state index contributed by atoms with van der Waals surface area (Å²) in [5, 5.41) is 7.95. The van der Waals surface area contributed by atoms with Crippen LogP contribution in [0.5, 0.6) is 0 Å². The predicted octanol–water partition coefficient (Wildman–Crippen LogP) is 2.51. The second-order valence-corrected chi connectivity index (χ2v) is 5.45. The lowest BCUT2D eigenvalue weighted by molar-refractivity contribution is 0.0334. The van der Waals surface area contributed by atoms with E-state index in [9.17, 15) is 14.0 Å². The first-order chi connectivity index (χ1) is 11.1. The van der Waals surface area contributed by atoms with Crippen LogP contribution in [0.2, 0.25) is 0 Å². The molecule has 0 unspecified atom stereocenters. The van der Waals surface area contributed by atoms with Crippen LogP contribution in [0, 0.1) is 5.82 Å². The highest BCUT2D eigenvalue weighted by Crippen LogP contribution is 2.18. The Labute approximate surface area is 137 Å². The summed E-state index contributed by atoms with van der Waals surface area (Å²) in [6, 6.07) is 10.3. The highest BCUT2D eigenvalue weighted by atomic mass is 79.9. The fraction of sp³-hybridized carbons (Fsp3) is 0.0667. The van der Waals surface area contributed by atoms with Crippen LogP contribution < -0.4 is 5.56 Å². The maximum absolute atomic E-state index is 13.2. The molecule has 1 heterocycles. The number of halogens is 2. The van der Waals surface area contributed by atoms with Crippen LogP contribution in [0.4, 0.5) is 4.39 Å². The molecule has 0 aliphatic carbocycles. The molecule has 0 aliphatic heterocycles. The highest BCUT2D eigenvalue weighted by Gasteiger charge is 2.14. The number of rotatable bonds is 3. The van der Waals surface area contributed by atoms with Crippen molar-refractivity contribution in [2.45, 2.75) is 6.73 Å². The van der Waals surface area contributed by atoms with E-state index in [1.54, 1.807) is 24.3 Å². The van der Waals surface area contributed by atoms with Gasteiger partial charge in [0, 0.05) is 4.47 Å². The Morgan fingerprint density at radius 2 is 2.04 bits per heavy atom. The number of carbonyl (C=O) groups excluding carboxylic acids is 1. The van der Waals surface area contributed by atoms with Crippen molar-refractivity contribution in [3.05, 3.63) is 68.7 Å². The van der Waals surface area contributed by atoms with Gasteiger partial charge in [0.05, 0.1) is 10.9 Å². The fourth-order valence-corrected chi connectivity index (χ4v) is 2.37. The minimum atomic E-state index is -0.779. The number of carbonyl (C=O) groups is 1. The number of hydrogen-bond donors (Lipinski definition) is 0. The molecule has 0 atom stereocenters. The Morgan fingerprint density at radius 1 is 1.26 bits per heavy atom. The first-order valence-electron chi connectivity index (χ1n) is 6.51. The smallest absolute Gasteiger partial charge is 0.341 e.